The Bertz CT molecular complexity index is 440. The van der Waals surface area contributed by atoms with E-state index in [0.717, 1.165) is 18.3 Å². The minimum atomic E-state index is 0.498. The molecule has 1 atom stereocenters. The molecule has 1 aliphatic heterocycles. The molecule has 3 rings (SSSR count). The van der Waals surface area contributed by atoms with Crippen LogP contribution in [0.15, 0.2) is 35.3 Å². The average molecular weight is 278 g/mol. The molecule has 1 fully saturated rings. The molecule has 1 heterocycles. The third kappa shape index (κ3) is 2.69. The summed E-state index contributed by atoms with van der Waals surface area (Å²) in [5.74, 6) is 0. The lowest BCUT2D eigenvalue weighted by atomic mass is 10.1. The summed E-state index contributed by atoms with van der Waals surface area (Å²) in [6, 6.07) is 10.7. The molecule has 1 unspecified atom stereocenters. The Kier molecular flexibility index (Phi) is 3.57. The van der Waals surface area contributed by atoms with E-state index in [1.165, 1.54) is 18.4 Å². The van der Waals surface area contributed by atoms with Crippen molar-refractivity contribution in [3.05, 3.63) is 35.9 Å². The van der Waals surface area contributed by atoms with Crippen LogP contribution in [0.5, 0.6) is 0 Å². The van der Waals surface area contributed by atoms with Gasteiger partial charge in [0, 0.05) is 11.3 Å². The van der Waals surface area contributed by atoms with Crippen LogP contribution in [0.3, 0.4) is 0 Å². The normalized spacial score (nSPS) is 24.7. The molecule has 0 aromatic heterocycles. The maximum absolute atomic E-state index is 4.62. The number of thioether (sulfide) groups is 2. The van der Waals surface area contributed by atoms with Crippen molar-refractivity contribution < 1.29 is 0 Å². The highest BCUT2D eigenvalue weighted by molar-refractivity contribution is 8.14. The molecular formula is C14H18N2S2. The van der Waals surface area contributed by atoms with Gasteiger partial charge in [-0.1, -0.05) is 42.1 Å². The second-order valence-electron chi connectivity index (χ2n) is 4.90. The molecule has 4 heteroatoms. The Morgan fingerprint density at radius 1 is 1.39 bits per heavy atom. The smallest absolute Gasteiger partial charge is 0.157 e. The fraction of sp³-hybridized carbons (Fsp3) is 0.500. The van der Waals surface area contributed by atoms with Crippen molar-refractivity contribution >= 4 is 28.7 Å². The van der Waals surface area contributed by atoms with Gasteiger partial charge in [0.05, 0.1) is 11.8 Å². The van der Waals surface area contributed by atoms with Gasteiger partial charge in [0.25, 0.3) is 0 Å². The molecular weight excluding hydrogens is 260 g/mol. The topological polar surface area (TPSA) is 24.4 Å². The number of nitrogens with one attached hydrogen (secondary N) is 1. The van der Waals surface area contributed by atoms with Crippen LogP contribution < -0.4 is 5.32 Å². The number of hydrogen-bond acceptors (Lipinski definition) is 4. The van der Waals surface area contributed by atoms with Gasteiger partial charge in [0.2, 0.25) is 0 Å². The maximum atomic E-state index is 4.62. The average Bonchev–Trinajstić information content (AvgIpc) is 3.07. The van der Waals surface area contributed by atoms with Crippen molar-refractivity contribution in [3.63, 3.8) is 0 Å². The quantitative estimate of drug-likeness (QED) is 0.914. The molecule has 1 aromatic carbocycles. The SMILES string of the molecule is CSC1(CNC2=NCC(c3ccccc3)S2)CC1. The lowest BCUT2D eigenvalue weighted by Gasteiger charge is -2.14. The summed E-state index contributed by atoms with van der Waals surface area (Å²) in [6.07, 6.45) is 4.91. The summed E-state index contributed by atoms with van der Waals surface area (Å²) in [5.41, 5.74) is 1.38. The van der Waals surface area contributed by atoms with E-state index in [1.807, 2.05) is 23.5 Å². The van der Waals surface area contributed by atoms with Crippen molar-refractivity contribution in [1.82, 2.24) is 5.32 Å². The summed E-state index contributed by atoms with van der Waals surface area (Å²) >= 11 is 3.86. The first-order chi connectivity index (χ1) is 8.81. The van der Waals surface area contributed by atoms with Crippen LogP contribution in [0.25, 0.3) is 0 Å². The van der Waals surface area contributed by atoms with Crippen molar-refractivity contribution in [2.45, 2.75) is 22.8 Å². The van der Waals surface area contributed by atoms with Crippen LogP contribution in [0, 0.1) is 0 Å². The molecule has 1 aromatic rings. The van der Waals surface area contributed by atoms with Gasteiger partial charge in [-0.3, -0.25) is 4.99 Å². The third-order valence-corrected chi connectivity index (χ3v) is 6.25. The monoisotopic (exact) mass is 278 g/mol. The fourth-order valence-corrected chi connectivity index (χ4v) is 3.89. The number of aliphatic imine (C=N–C) groups is 1. The molecule has 0 saturated heterocycles. The second kappa shape index (κ2) is 5.17. The van der Waals surface area contributed by atoms with E-state index in [1.54, 1.807) is 0 Å². The Labute approximate surface area is 117 Å². The molecule has 1 aliphatic carbocycles. The van der Waals surface area contributed by atoms with Crippen LogP contribution in [0.2, 0.25) is 0 Å². The van der Waals surface area contributed by atoms with Crippen molar-refractivity contribution in [2.24, 2.45) is 4.99 Å². The first kappa shape index (κ1) is 12.4. The summed E-state index contributed by atoms with van der Waals surface area (Å²) in [4.78, 5) is 4.62. The van der Waals surface area contributed by atoms with E-state index in [4.69, 9.17) is 0 Å². The standard InChI is InChI=1S/C14H18N2S2/c1-17-14(7-8-14)10-16-13-15-9-12(18-13)11-5-3-2-4-6-11/h2-6,12H,7-10H2,1H3,(H,15,16). The number of rotatable bonds is 4. The second-order valence-corrected chi connectivity index (χ2v) is 7.37. The van der Waals surface area contributed by atoms with Crippen LogP contribution in [0.4, 0.5) is 0 Å². The molecule has 0 spiro atoms. The zero-order valence-electron chi connectivity index (χ0n) is 10.6. The van der Waals surface area contributed by atoms with Crippen molar-refractivity contribution in [3.8, 4) is 0 Å². The molecule has 2 nitrogen and oxygen atoms in total. The summed E-state index contributed by atoms with van der Waals surface area (Å²) < 4.78 is 0.508. The molecule has 0 radical (unpaired) electrons. The van der Waals surface area contributed by atoms with Crippen molar-refractivity contribution in [1.29, 1.82) is 0 Å². The highest BCUT2D eigenvalue weighted by atomic mass is 32.2. The van der Waals surface area contributed by atoms with E-state index < -0.39 is 0 Å². The van der Waals surface area contributed by atoms with E-state index in [9.17, 15) is 0 Å². The largest absolute Gasteiger partial charge is 0.364 e. The van der Waals surface area contributed by atoms with Gasteiger partial charge in [0.15, 0.2) is 5.17 Å². The van der Waals surface area contributed by atoms with E-state index in [0.29, 0.717) is 10.00 Å². The molecule has 1 N–H and O–H groups in total. The predicted molar refractivity (Wildman–Crippen MR) is 82.6 cm³/mol. The Hall–Kier alpha value is -0.610. The Morgan fingerprint density at radius 3 is 2.83 bits per heavy atom. The molecule has 18 heavy (non-hydrogen) atoms. The zero-order chi connectivity index (χ0) is 12.4. The number of amidine groups is 1. The molecule has 2 aliphatic rings. The highest BCUT2D eigenvalue weighted by Crippen LogP contribution is 2.46. The van der Waals surface area contributed by atoms with E-state index in [-0.39, 0.29) is 0 Å². The van der Waals surface area contributed by atoms with Gasteiger partial charge in [-0.25, -0.2) is 0 Å². The summed E-state index contributed by atoms with van der Waals surface area (Å²) in [7, 11) is 0. The Balaban J connectivity index is 1.52. The number of nitrogens with zero attached hydrogens (tertiary/aromatic N) is 1. The molecule has 1 saturated carbocycles. The number of hydrogen-bond donors (Lipinski definition) is 1. The first-order valence-corrected chi connectivity index (χ1v) is 8.47. The minimum absolute atomic E-state index is 0.498. The van der Waals surface area contributed by atoms with E-state index in [2.05, 4.69) is 46.9 Å². The van der Waals surface area contributed by atoms with Crippen molar-refractivity contribution in [2.75, 3.05) is 19.3 Å². The molecule has 96 valence electrons. The van der Waals surface area contributed by atoms with Crippen LogP contribution >= 0.6 is 23.5 Å². The maximum Gasteiger partial charge on any atom is 0.157 e. The summed E-state index contributed by atoms with van der Waals surface area (Å²) in [6.45, 7) is 1.98. The lowest BCUT2D eigenvalue weighted by Crippen LogP contribution is -2.29. The minimum Gasteiger partial charge on any atom is -0.364 e. The lowest BCUT2D eigenvalue weighted by molar-refractivity contribution is 0.821. The van der Waals surface area contributed by atoms with Crippen LogP contribution in [0.1, 0.15) is 23.7 Å². The molecule has 0 amide bonds. The summed E-state index contributed by atoms with van der Waals surface area (Å²) in [5, 5.41) is 5.15. The van der Waals surface area contributed by atoms with Gasteiger partial charge in [-0.05, 0) is 24.7 Å². The van der Waals surface area contributed by atoms with Gasteiger partial charge in [-0.2, -0.15) is 11.8 Å². The predicted octanol–water partition coefficient (Wildman–Crippen LogP) is 3.32. The fourth-order valence-electron chi connectivity index (χ4n) is 2.14. The molecule has 0 bridgehead atoms. The van der Waals surface area contributed by atoms with Gasteiger partial charge in [0.1, 0.15) is 0 Å². The van der Waals surface area contributed by atoms with Gasteiger partial charge in [-0.15, -0.1) is 0 Å². The van der Waals surface area contributed by atoms with Crippen LogP contribution in [-0.4, -0.2) is 29.3 Å². The van der Waals surface area contributed by atoms with Gasteiger partial charge < -0.3 is 5.32 Å². The number of benzene rings is 1. The zero-order valence-corrected chi connectivity index (χ0v) is 12.2. The Morgan fingerprint density at radius 2 is 2.17 bits per heavy atom. The third-order valence-electron chi connectivity index (χ3n) is 3.63. The van der Waals surface area contributed by atoms with Crippen LogP contribution in [-0.2, 0) is 0 Å². The van der Waals surface area contributed by atoms with E-state index >= 15 is 0 Å². The van der Waals surface area contributed by atoms with Gasteiger partial charge >= 0.3 is 0 Å². The first-order valence-electron chi connectivity index (χ1n) is 6.36. The highest BCUT2D eigenvalue weighted by Gasteiger charge is 2.42.